The molecule has 3 rings (SSSR count). The summed E-state index contributed by atoms with van der Waals surface area (Å²) in [5.74, 6) is -3.53. The molecule has 14 nitrogen and oxygen atoms in total. The summed E-state index contributed by atoms with van der Waals surface area (Å²) in [6, 6.07) is 2.61. The summed E-state index contributed by atoms with van der Waals surface area (Å²) in [6.07, 6.45) is 3.10. The SMILES string of the molecule is CCC(C)C(NC(=O)[C@H]1CCCCN1C)C(=O)N(C)C(CC(OC(C)=O)c1nc(C(=O)NC(Cc2ccc(O)c(N)c2)CC(C)C(=O)O)cs1)C(C)C. The first kappa shape index (κ1) is 43.2. The second-order valence-corrected chi connectivity index (χ2v) is 15.7. The molecule has 15 heteroatoms. The minimum atomic E-state index is -1.01. The Labute approximate surface area is 316 Å². The van der Waals surface area contributed by atoms with E-state index in [1.165, 1.54) is 13.0 Å². The number of phenolic OH excluding ortho intramolecular Hbond substituents is 1. The Kier molecular flexibility index (Phi) is 16.1. The molecule has 6 unspecified atom stereocenters. The Hall–Kier alpha value is -4.24. The number of nitrogens with one attached hydrogen (secondary N) is 2. The van der Waals surface area contributed by atoms with Crippen LogP contribution < -0.4 is 16.4 Å². The van der Waals surface area contributed by atoms with Crippen molar-refractivity contribution in [3.8, 4) is 5.75 Å². The van der Waals surface area contributed by atoms with Crippen LogP contribution in [0.15, 0.2) is 23.6 Å². The molecular weight excluding hydrogens is 701 g/mol. The third-order valence-electron chi connectivity index (χ3n) is 10.2. The fourth-order valence-electron chi connectivity index (χ4n) is 6.75. The average molecular weight is 759 g/mol. The lowest BCUT2D eigenvalue weighted by molar-refractivity contribution is -0.149. The highest BCUT2D eigenvalue weighted by atomic mass is 32.1. The van der Waals surface area contributed by atoms with Crippen molar-refractivity contribution in [2.75, 3.05) is 26.4 Å². The Morgan fingerprint density at radius 2 is 1.81 bits per heavy atom. The molecular formula is C38H58N6O8S. The van der Waals surface area contributed by atoms with Crippen molar-refractivity contribution in [1.29, 1.82) is 0 Å². The normalized spacial score (nSPS) is 18.2. The minimum absolute atomic E-state index is 0.0677. The summed E-state index contributed by atoms with van der Waals surface area (Å²) in [7, 11) is 3.63. The van der Waals surface area contributed by atoms with E-state index in [-0.39, 0.29) is 66.1 Å². The van der Waals surface area contributed by atoms with Gasteiger partial charge in [-0.05, 0) is 68.8 Å². The van der Waals surface area contributed by atoms with E-state index in [1.807, 2.05) is 39.6 Å². The molecule has 0 spiro atoms. The second-order valence-electron chi connectivity index (χ2n) is 14.8. The van der Waals surface area contributed by atoms with Crippen LogP contribution in [0, 0.1) is 17.8 Å². The number of nitrogen functional groups attached to an aromatic ring is 1. The number of esters is 1. The highest BCUT2D eigenvalue weighted by Crippen LogP contribution is 2.31. The molecule has 1 aliphatic heterocycles. The number of likely N-dealkylation sites (tertiary alicyclic amines) is 1. The molecule has 1 fully saturated rings. The van der Waals surface area contributed by atoms with Gasteiger partial charge < -0.3 is 36.2 Å². The number of carboxylic acid groups (broad SMARTS) is 1. The number of nitrogens with zero attached hydrogens (tertiary/aromatic N) is 3. The zero-order valence-corrected chi connectivity index (χ0v) is 33.1. The number of piperidine rings is 1. The lowest BCUT2D eigenvalue weighted by atomic mass is 9.92. The standard InChI is InChI=1S/C38H58N6O8S/c1-9-22(4)33(42-35(48)29-12-10-11-15-43(29)7)37(49)44(8)30(21(2)3)19-32(52-24(6)45)36-41-28(20-53-36)34(47)40-26(16-23(5)38(50)51)17-25-13-14-31(46)27(39)18-25/h13-14,18,20-23,26,29-30,32-33,46H,9-12,15-17,19,39H2,1-8H3,(H,40,47)(H,42,48)(H,50,51)/t22?,23?,26?,29-,30?,32?,33?/m1/s1. The van der Waals surface area contributed by atoms with Crippen LogP contribution in [-0.2, 0) is 30.3 Å². The molecule has 3 amide bonds. The van der Waals surface area contributed by atoms with Crippen LogP contribution in [0.2, 0.25) is 0 Å². The first-order valence-electron chi connectivity index (χ1n) is 18.4. The molecule has 2 aromatic rings. The number of aromatic nitrogens is 1. The van der Waals surface area contributed by atoms with Gasteiger partial charge in [-0.15, -0.1) is 11.3 Å². The number of carboxylic acids is 1. The Morgan fingerprint density at radius 1 is 1.11 bits per heavy atom. The summed E-state index contributed by atoms with van der Waals surface area (Å²) >= 11 is 1.14. The number of anilines is 1. The minimum Gasteiger partial charge on any atom is -0.506 e. The number of ether oxygens (including phenoxy) is 1. The Balaban J connectivity index is 1.82. The van der Waals surface area contributed by atoms with Gasteiger partial charge in [0, 0.05) is 37.9 Å². The molecule has 1 aromatic carbocycles. The number of phenols is 1. The predicted octanol–water partition coefficient (Wildman–Crippen LogP) is 4.38. The van der Waals surface area contributed by atoms with Crippen molar-refractivity contribution in [3.05, 3.63) is 39.8 Å². The van der Waals surface area contributed by atoms with Crippen LogP contribution >= 0.6 is 11.3 Å². The van der Waals surface area contributed by atoms with Crippen molar-refractivity contribution in [2.24, 2.45) is 17.8 Å². The summed E-state index contributed by atoms with van der Waals surface area (Å²) in [6.45, 7) is 11.5. The number of hydrogen-bond acceptors (Lipinski definition) is 11. The maximum Gasteiger partial charge on any atom is 0.306 e. The van der Waals surface area contributed by atoms with Crippen molar-refractivity contribution >= 4 is 46.7 Å². The fourth-order valence-corrected chi connectivity index (χ4v) is 7.59. The molecule has 2 heterocycles. The number of hydrogen-bond donors (Lipinski definition) is 5. The van der Waals surface area contributed by atoms with Gasteiger partial charge in [0.15, 0.2) is 6.10 Å². The topological polar surface area (TPSA) is 204 Å². The number of thiazole rings is 1. The highest BCUT2D eigenvalue weighted by Gasteiger charge is 2.37. The lowest BCUT2D eigenvalue weighted by Gasteiger charge is -2.38. The Bertz CT molecular complexity index is 1580. The van der Waals surface area contributed by atoms with Gasteiger partial charge in [0.05, 0.1) is 17.6 Å². The number of rotatable bonds is 18. The van der Waals surface area contributed by atoms with Crippen LogP contribution in [0.5, 0.6) is 5.75 Å². The van der Waals surface area contributed by atoms with Crippen LogP contribution in [0.3, 0.4) is 0 Å². The summed E-state index contributed by atoms with van der Waals surface area (Å²) in [5.41, 5.74) is 6.80. The predicted molar refractivity (Wildman–Crippen MR) is 203 cm³/mol. The molecule has 0 aliphatic carbocycles. The van der Waals surface area contributed by atoms with Gasteiger partial charge in [0.2, 0.25) is 11.8 Å². The van der Waals surface area contributed by atoms with Gasteiger partial charge in [0.1, 0.15) is 22.5 Å². The third-order valence-corrected chi connectivity index (χ3v) is 11.2. The smallest absolute Gasteiger partial charge is 0.306 e. The number of benzene rings is 1. The van der Waals surface area contributed by atoms with Crippen molar-refractivity contribution in [2.45, 2.75) is 117 Å². The number of amides is 3. The molecule has 1 aromatic heterocycles. The molecule has 53 heavy (non-hydrogen) atoms. The van der Waals surface area contributed by atoms with Gasteiger partial charge >= 0.3 is 11.9 Å². The second kappa shape index (κ2) is 19.7. The van der Waals surface area contributed by atoms with E-state index >= 15 is 0 Å². The van der Waals surface area contributed by atoms with Gasteiger partial charge in [-0.2, -0.15) is 0 Å². The summed E-state index contributed by atoms with van der Waals surface area (Å²) in [4.78, 5) is 73.4. The maximum atomic E-state index is 14.2. The molecule has 7 atom stereocenters. The van der Waals surface area contributed by atoms with Crippen LogP contribution in [-0.4, -0.2) is 99.5 Å². The molecule has 0 saturated carbocycles. The average Bonchev–Trinajstić information content (AvgIpc) is 3.60. The number of carbonyl (C=O) groups is 5. The van der Waals surface area contributed by atoms with E-state index < -0.39 is 48.0 Å². The number of nitrogens with two attached hydrogens (primary N) is 1. The Morgan fingerprint density at radius 3 is 2.40 bits per heavy atom. The van der Waals surface area contributed by atoms with Crippen molar-refractivity contribution in [3.63, 3.8) is 0 Å². The van der Waals surface area contributed by atoms with E-state index in [4.69, 9.17) is 10.5 Å². The first-order chi connectivity index (χ1) is 24.9. The molecule has 6 N–H and O–H groups in total. The maximum absolute atomic E-state index is 14.2. The fraction of sp³-hybridized carbons (Fsp3) is 0.632. The van der Waals surface area contributed by atoms with Gasteiger partial charge in [-0.1, -0.05) is 53.5 Å². The van der Waals surface area contributed by atoms with E-state index in [9.17, 15) is 34.2 Å². The first-order valence-corrected chi connectivity index (χ1v) is 19.3. The summed E-state index contributed by atoms with van der Waals surface area (Å²) in [5, 5.41) is 27.3. The number of aromatic hydroxyl groups is 1. The van der Waals surface area contributed by atoms with E-state index in [0.717, 1.165) is 37.1 Å². The van der Waals surface area contributed by atoms with Gasteiger partial charge in [-0.25, -0.2) is 4.98 Å². The van der Waals surface area contributed by atoms with E-state index in [1.54, 1.807) is 36.4 Å². The molecule has 0 radical (unpaired) electrons. The van der Waals surface area contributed by atoms with Crippen molar-refractivity contribution < 1.29 is 38.9 Å². The molecule has 0 bridgehead atoms. The van der Waals surface area contributed by atoms with Crippen molar-refractivity contribution in [1.82, 2.24) is 25.4 Å². The lowest BCUT2D eigenvalue weighted by Crippen LogP contribution is -2.58. The van der Waals surface area contributed by atoms with Gasteiger partial charge in [0.25, 0.3) is 5.91 Å². The number of likely N-dealkylation sites (N-methyl/N-ethyl adjacent to an activating group) is 2. The number of aliphatic carboxylic acids is 1. The highest BCUT2D eigenvalue weighted by molar-refractivity contribution is 7.09. The molecule has 1 aliphatic rings. The van der Waals surface area contributed by atoms with E-state index in [0.29, 0.717) is 17.0 Å². The molecule has 1 saturated heterocycles. The van der Waals surface area contributed by atoms with Crippen LogP contribution in [0.1, 0.15) is 107 Å². The largest absolute Gasteiger partial charge is 0.506 e. The quantitative estimate of drug-likeness (QED) is 0.0820. The van der Waals surface area contributed by atoms with Crippen LogP contribution in [0.25, 0.3) is 0 Å². The number of carbonyl (C=O) groups excluding carboxylic acids is 4. The third kappa shape index (κ3) is 12.1. The van der Waals surface area contributed by atoms with Gasteiger partial charge in [-0.3, -0.25) is 28.9 Å². The van der Waals surface area contributed by atoms with E-state index in [2.05, 4.69) is 15.6 Å². The molecule has 294 valence electrons. The summed E-state index contributed by atoms with van der Waals surface area (Å²) < 4.78 is 5.75. The monoisotopic (exact) mass is 758 g/mol. The zero-order valence-electron chi connectivity index (χ0n) is 32.3. The van der Waals surface area contributed by atoms with Crippen LogP contribution in [0.4, 0.5) is 5.69 Å². The zero-order chi connectivity index (χ0) is 39.6.